The van der Waals surface area contributed by atoms with Crippen molar-refractivity contribution in [1.29, 1.82) is 0 Å². The van der Waals surface area contributed by atoms with E-state index in [-0.39, 0.29) is 5.82 Å². The molecule has 1 nitrogen and oxygen atoms in total. The van der Waals surface area contributed by atoms with E-state index < -0.39 is 0 Å². The fourth-order valence-electron chi connectivity index (χ4n) is 1.38. The molecule has 0 N–H and O–H groups in total. The van der Waals surface area contributed by atoms with Crippen molar-refractivity contribution < 1.29 is 4.39 Å². The Morgan fingerprint density at radius 2 is 2.00 bits per heavy atom. The van der Waals surface area contributed by atoms with Crippen LogP contribution in [0.5, 0.6) is 0 Å². The molecule has 0 saturated heterocycles. The average molecular weight is 222 g/mol. The van der Waals surface area contributed by atoms with Crippen molar-refractivity contribution in [1.82, 2.24) is 4.98 Å². The van der Waals surface area contributed by atoms with Crippen molar-refractivity contribution in [3.05, 3.63) is 52.9 Å². The van der Waals surface area contributed by atoms with Crippen LogP contribution in [0.4, 0.5) is 4.39 Å². The number of halogens is 2. The molecule has 1 aromatic carbocycles. The van der Waals surface area contributed by atoms with Gasteiger partial charge in [0.15, 0.2) is 0 Å². The Kier molecular flexibility index (Phi) is 2.69. The number of nitrogens with zero attached hydrogens (tertiary/aromatic N) is 1. The quantitative estimate of drug-likeness (QED) is 0.713. The van der Waals surface area contributed by atoms with Crippen LogP contribution in [0.2, 0.25) is 5.02 Å². The van der Waals surface area contributed by atoms with E-state index in [2.05, 4.69) is 4.98 Å². The van der Waals surface area contributed by atoms with E-state index in [4.69, 9.17) is 11.6 Å². The van der Waals surface area contributed by atoms with Crippen molar-refractivity contribution in [3.8, 4) is 11.3 Å². The molecule has 0 fully saturated rings. The second-order valence-electron chi connectivity index (χ2n) is 3.34. The zero-order valence-electron chi connectivity index (χ0n) is 8.17. The van der Waals surface area contributed by atoms with Gasteiger partial charge in [0.2, 0.25) is 0 Å². The van der Waals surface area contributed by atoms with Crippen molar-refractivity contribution >= 4 is 11.6 Å². The lowest BCUT2D eigenvalue weighted by molar-refractivity contribution is 0.630. The van der Waals surface area contributed by atoms with Crippen LogP contribution in [0.15, 0.2) is 36.5 Å². The Morgan fingerprint density at radius 1 is 1.20 bits per heavy atom. The number of aromatic nitrogens is 1. The Morgan fingerprint density at radius 3 is 2.73 bits per heavy atom. The summed E-state index contributed by atoms with van der Waals surface area (Å²) in [5, 5.41) is 0.509. The monoisotopic (exact) mass is 221 g/mol. The molecule has 1 heterocycles. The average Bonchev–Trinajstić information content (AvgIpc) is 2.22. The van der Waals surface area contributed by atoms with Gasteiger partial charge in [-0.05, 0) is 42.8 Å². The summed E-state index contributed by atoms with van der Waals surface area (Å²) < 4.78 is 13.5. The van der Waals surface area contributed by atoms with Crippen LogP contribution in [0.1, 0.15) is 5.56 Å². The first-order chi connectivity index (χ1) is 7.16. The molecule has 0 aliphatic heterocycles. The number of pyridine rings is 1. The van der Waals surface area contributed by atoms with Gasteiger partial charge in [-0.3, -0.25) is 4.98 Å². The summed E-state index contributed by atoms with van der Waals surface area (Å²) in [6.07, 6.45) is 1.66. The molecule has 2 aromatic rings. The highest BCUT2D eigenvalue weighted by Crippen LogP contribution is 2.24. The van der Waals surface area contributed by atoms with Gasteiger partial charge < -0.3 is 0 Å². The normalized spacial score (nSPS) is 10.3. The van der Waals surface area contributed by atoms with Crippen LogP contribution in [-0.4, -0.2) is 4.98 Å². The zero-order valence-corrected chi connectivity index (χ0v) is 8.92. The van der Waals surface area contributed by atoms with Crippen LogP contribution in [0.3, 0.4) is 0 Å². The maximum absolute atomic E-state index is 13.5. The Labute approximate surface area is 92.5 Å². The predicted octanol–water partition coefficient (Wildman–Crippen LogP) is 3.85. The van der Waals surface area contributed by atoms with Gasteiger partial charge in [0, 0.05) is 16.8 Å². The Hall–Kier alpha value is -1.41. The van der Waals surface area contributed by atoms with Crippen molar-refractivity contribution in [2.75, 3.05) is 0 Å². The number of hydrogen-bond acceptors (Lipinski definition) is 1. The maximum Gasteiger partial charge on any atom is 0.132 e. The highest BCUT2D eigenvalue weighted by atomic mass is 35.5. The molecule has 0 saturated carbocycles. The van der Waals surface area contributed by atoms with Crippen LogP contribution < -0.4 is 0 Å². The molecule has 0 atom stereocenters. The van der Waals surface area contributed by atoms with Crippen molar-refractivity contribution in [2.24, 2.45) is 0 Å². The second-order valence-corrected chi connectivity index (χ2v) is 3.78. The lowest BCUT2D eigenvalue weighted by Gasteiger charge is -2.03. The minimum atomic E-state index is -0.308. The maximum atomic E-state index is 13.5. The standard InChI is InChI=1S/C12H9ClFN/c1-8-4-5-15-12(6-8)10-7-9(13)2-3-11(10)14/h2-7H,1H3. The molecule has 0 spiro atoms. The smallest absolute Gasteiger partial charge is 0.132 e. The number of hydrogen-bond donors (Lipinski definition) is 0. The van der Waals surface area contributed by atoms with Gasteiger partial charge in [-0.1, -0.05) is 11.6 Å². The van der Waals surface area contributed by atoms with Crippen molar-refractivity contribution in [3.63, 3.8) is 0 Å². The van der Waals surface area contributed by atoms with E-state index in [9.17, 15) is 4.39 Å². The third-order valence-electron chi connectivity index (χ3n) is 2.12. The van der Waals surface area contributed by atoms with E-state index in [0.717, 1.165) is 5.56 Å². The first-order valence-corrected chi connectivity index (χ1v) is 4.93. The molecular weight excluding hydrogens is 213 g/mol. The molecule has 15 heavy (non-hydrogen) atoms. The zero-order chi connectivity index (χ0) is 10.8. The van der Waals surface area contributed by atoms with Crippen LogP contribution in [0, 0.1) is 12.7 Å². The number of rotatable bonds is 1. The first kappa shape index (κ1) is 10.1. The predicted molar refractivity (Wildman–Crippen MR) is 59.4 cm³/mol. The van der Waals surface area contributed by atoms with Gasteiger partial charge in [-0.15, -0.1) is 0 Å². The van der Waals surface area contributed by atoms with Crippen LogP contribution in [0.25, 0.3) is 11.3 Å². The number of aryl methyl sites for hydroxylation is 1. The molecule has 0 aliphatic carbocycles. The first-order valence-electron chi connectivity index (χ1n) is 4.55. The van der Waals surface area contributed by atoms with E-state index in [1.54, 1.807) is 12.3 Å². The van der Waals surface area contributed by atoms with Crippen molar-refractivity contribution in [2.45, 2.75) is 6.92 Å². The van der Waals surface area contributed by atoms with Gasteiger partial charge >= 0.3 is 0 Å². The van der Waals surface area contributed by atoms with E-state index in [1.165, 1.54) is 12.1 Å². The molecule has 0 amide bonds. The molecule has 0 unspecified atom stereocenters. The number of benzene rings is 1. The van der Waals surface area contributed by atoms with Gasteiger partial charge in [0.05, 0.1) is 5.69 Å². The van der Waals surface area contributed by atoms with Crippen LogP contribution >= 0.6 is 11.6 Å². The summed E-state index contributed by atoms with van der Waals surface area (Å²) in [6, 6.07) is 8.15. The van der Waals surface area contributed by atoms with Gasteiger partial charge in [-0.25, -0.2) is 4.39 Å². The molecule has 2 rings (SSSR count). The Bertz CT molecular complexity index is 497. The molecule has 0 aliphatic rings. The van der Waals surface area contributed by atoms with Gasteiger partial charge in [0.1, 0.15) is 5.82 Å². The summed E-state index contributed by atoms with van der Waals surface area (Å²) >= 11 is 5.81. The van der Waals surface area contributed by atoms with Gasteiger partial charge in [-0.2, -0.15) is 0 Å². The van der Waals surface area contributed by atoms with Gasteiger partial charge in [0.25, 0.3) is 0 Å². The summed E-state index contributed by atoms with van der Waals surface area (Å²) in [5.74, 6) is -0.308. The molecular formula is C12H9ClFN. The van der Waals surface area contributed by atoms with E-state index in [0.29, 0.717) is 16.3 Å². The fraction of sp³-hybridized carbons (Fsp3) is 0.0833. The minimum Gasteiger partial charge on any atom is -0.256 e. The summed E-state index contributed by atoms with van der Waals surface area (Å²) in [6.45, 7) is 1.94. The highest BCUT2D eigenvalue weighted by Gasteiger charge is 2.06. The highest BCUT2D eigenvalue weighted by molar-refractivity contribution is 6.30. The molecule has 76 valence electrons. The minimum absolute atomic E-state index is 0.308. The molecule has 0 bridgehead atoms. The lowest BCUT2D eigenvalue weighted by Crippen LogP contribution is -1.88. The van der Waals surface area contributed by atoms with E-state index in [1.807, 2.05) is 19.1 Å². The van der Waals surface area contributed by atoms with Crippen LogP contribution in [-0.2, 0) is 0 Å². The largest absolute Gasteiger partial charge is 0.256 e. The summed E-state index contributed by atoms with van der Waals surface area (Å²) in [5.41, 5.74) is 2.08. The topological polar surface area (TPSA) is 12.9 Å². The third kappa shape index (κ3) is 2.16. The molecule has 3 heteroatoms. The summed E-state index contributed by atoms with van der Waals surface area (Å²) in [4.78, 5) is 4.11. The summed E-state index contributed by atoms with van der Waals surface area (Å²) in [7, 11) is 0. The lowest BCUT2D eigenvalue weighted by atomic mass is 10.1. The molecule has 0 radical (unpaired) electrons. The third-order valence-corrected chi connectivity index (χ3v) is 2.35. The fourth-order valence-corrected chi connectivity index (χ4v) is 1.55. The second kappa shape index (κ2) is 3.99. The Balaban J connectivity index is 2.58. The SMILES string of the molecule is Cc1ccnc(-c2cc(Cl)ccc2F)c1. The van der Waals surface area contributed by atoms with E-state index >= 15 is 0 Å². The molecule has 1 aromatic heterocycles.